The number of imidazole rings is 1. The molecule has 2 aromatic rings. The minimum Gasteiger partial charge on any atom is -0.337 e. The average molecular weight is 237 g/mol. The number of halogens is 2. The van der Waals surface area contributed by atoms with Gasteiger partial charge >= 0.3 is 0 Å². The molecule has 1 atom stereocenters. The number of rotatable bonds is 3. The van der Waals surface area contributed by atoms with E-state index in [2.05, 4.69) is 4.98 Å². The van der Waals surface area contributed by atoms with E-state index in [0.717, 1.165) is 6.07 Å². The van der Waals surface area contributed by atoms with Crippen molar-refractivity contribution in [2.24, 2.45) is 12.8 Å². The maximum absolute atomic E-state index is 13.0. The second-order valence-electron chi connectivity index (χ2n) is 3.98. The van der Waals surface area contributed by atoms with Crippen LogP contribution in [0.2, 0.25) is 0 Å². The third-order valence-corrected chi connectivity index (χ3v) is 2.57. The van der Waals surface area contributed by atoms with Crippen molar-refractivity contribution >= 4 is 0 Å². The second-order valence-corrected chi connectivity index (χ2v) is 3.98. The predicted octanol–water partition coefficient (Wildman–Crippen LogP) is 1.94. The summed E-state index contributed by atoms with van der Waals surface area (Å²) in [6.45, 7) is 0. The molecule has 0 aliphatic heterocycles. The molecule has 1 unspecified atom stereocenters. The fourth-order valence-electron chi connectivity index (χ4n) is 1.81. The lowest BCUT2D eigenvalue weighted by molar-refractivity contribution is 0.572. The van der Waals surface area contributed by atoms with Gasteiger partial charge in [-0.3, -0.25) is 0 Å². The molecule has 0 saturated heterocycles. The van der Waals surface area contributed by atoms with Gasteiger partial charge in [0.05, 0.1) is 6.04 Å². The van der Waals surface area contributed by atoms with Gasteiger partial charge in [-0.05, 0) is 24.1 Å². The summed E-state index contributed by atoms with van der Waals surface area (Å²) in [6.07, 6.45) is 3.77. The quantitative estimate of drug-likeness (QED) is 0.886. The number of aromatic nitrogens is 2. The third-order valence-electron chi connectivity index (χ3n) is 2.57. The Kier molecular flexibility index (Phi) is 3.19. The molecule has 1 aromatic heterocycles. The summed E-state index contributed by atoms with van der Waals surface area (Å²) >= 11 is 0. The molecule has 1 aromatic carbocycles. The largest absolute Gasteiger partial charge is 0.337 e. The van der Waals surface area contributed by atoms with Gasteiger partial charge in [0.15, 0.2) is 0 Å². The van der Waals surface area contributed by atoms with Gasteiger partial charge < -0.3 is 10.3 Å². The van der Waals surface area contributed by atoms with Crippen LogP contribution in [0.3, 0.4) is 0 Å². The molecule has 0 radical (unpaired) electrons. The predicted molar refractivity (Wildman–Crippen MR) is 60.2 cm³/mol. The van der Waals surface area contributed by atoms with Gasteiger partial charge in [-0.15, -0.1) is 0 Å². The monoisotopic (exact) mass is 237 g/mol. The lowest BCUT2D eigenvalue weighted by Crippen LogP contribution is -2.17. The molecule has 2 rings (SSSR count). The lowest BCUT2D eigenvalue weighted by atomic mass is 10.1. The van der Waals surface area contributed by atoms with Crippen molar-refractivity contribution in [2.75, 3.05) is 0 Å². The first-order chi connectivity index (χ1) is 8.06. The summed E-state index contributed by atoms with van der Waals surface area (Å²) in [5.74, 6) is -0.492. The number of hydrogen-bond donors (Lipinski definition) is 1. The Morgan fingerprint density at radius 1 is 1.29 bits per heavy atom. The molecule has 17 heavy (non-hydrogen) atoms. The minimum absolute atomic E-state index is 0.347. The van der Waals surface area contributed by atoms with Crippen LogP contribution in [0, 0.1) is 11.6 Å². The Bertz CT molecular complexity index is 502. The zero-order valence-corrected chi connectivity index (χ0v) is 9.40. The molecular weight excluding hydrogens is 224 g/mol. The van der Waals surface area contributed by atoms with E-state index < -0.39 is 11.6 Å². The summed E-state index contributed by atoms with van der Waals surface area (Å²) < 4.78 is 27.8. The van der Waals surface area contributed by atoms with E-state index in [1.54, 1.807) is 17.0 Å². The van der Waals surface area contributed by atoms with Gasteiger partial charge in [0.25, 0.3) is 0 Å². The Hall–Kier alpha value is -1.75. The number of benzene rings is 1. The van der Waals surface area contributed by atoms with E-state index in [1.807, 2.05) is 7.05 Å². The second kappa shape index (κ2) is 4.63. The van der Waals surface area contributed by atoms with Crippen molar-refractivity contribution in [3.05, 3.63) is 53.6 Å². The van der Waals surface area contributed by atoms with Crippen molar-refractivity contribution < 1.29 is 8.78 Å². The van der Waals surface area contributed by atoms with Crippen LogP contribution >= 0.6 is 0 Å². The highest BCUT2D eigenvalue weighted by atomic mass is 19.1. The van der Waals surface area contributed by atoms with Crippen molar-refractivity contribution in [1.29, 1.82) is 0 Å². The van der Waals surface area contributed by atoms with Crippen molar-refractivity contribution in [1.82, 2.24) is 9.55 Å². The molecule has 0 aliphatic carbocycles. The highest BCUT2D eigenvalue weighted by Gasteiger charge is 2.12. The van der Waals surface area contributed by atoms with Crippen LogP contribution in [0.1, 0.15) is 17.4 Å². The van der Waals surface area contributed by atoms with E-state index >= 15 is 0 Å². The highest BCUT2D eigenvalue weighted by Crippen LogP contribution is 2.16. The molecular formula is C12H13F2N3. The van der Waals surface area contributed by atoms with Gasteiger partial charge in [-0.25, -0.2) is 13.8 Å². The molecule has 5 heteroatoms. The molecule has 0 aliphatic rings. The Labute approximate surface area is 97.9 Å². The van der Waals surface area contributed by atoms with Crippen LogP contribution in [-0.2, 0) is 13.5 Å². The fourth-order valence-corrected chi connectivity index (χ4v) is 1.81. The van der Waals surface area contributed by atoms with E-state index in [9.17, 15) is 8.78 Å². The maximum Gasteiger partial charge on any atom is 0.126 e. The van der Waals surface area contributed by atoms with Crippen molar-refractivity contribution in [2.45, 2.75) is 12.5 Å². The van der Waals surface area contributed by atoms with Crippen LogP contribution in [0.5, 0.6) is 0 Å². The van der Waals surface area contributed by atoms with E-state index in [4.69, 9.17) is 5.73 Å². The first kappa shape index (κ1) is 11.7. The van der Waals surface area contributed by atoms with E-state index in [1.165, 1.54) is 12.1 Å². The molecule has 0 amide bonds. The smallest absolute Gasteiger partial charge is 0.126 e. The third kappa shape index (κ3) is 2.68. The lowest BCUT2D eigenvalue weighted by Gasteiger charge is -2.11. The summed E-state index contributed by atoms with van der Waals surface area (Å²) in [6, 6.07) is 3.03. The molecule has 0 saturated carbocycles. The maximum atomic E-state index is 13.0. The molecule has 0 spiro atoms. The Morgan fingerprint density at radius 2 is 1.94 bits per heavy atom. The fraction of sp³-hybridized carbons (Fsp3) is 0.250. The molecule has 1 heterocycles. The van der Waals surface area contributed by atoms with Crippen LogP contribution in [-0.4, -0.2) is 9.55 Å². The summed E-state index contributed by atoms with van der Waals surface area (Å²) in [4.78, 5) is 4.11. The first-order valence-electron chi connectivity index (χ1n) is 5.24. The van der Waals surface area contributed by atoms with Crippen LogP contribution in [0.4, 0.5) is 8.78 Å². The van der Waals surface area contributed by atoms with Gasteiger partial charge in [-0.2, -0.15) is 0 Å². The molecule has 0 fully saturated rings. The zero-order valence-electron chi connectivity index (χ0n) is 9.40. The SMILES string of the molecule is Cn1ccnc1C(N)Cc1cc(F)cc(F)c1. The van der Waals surface area contributed by atoms with Gasteiger partial charge in [-0.1, -0.05) is 0 Å². The molecule has 0 bridgehead atoms. The first-order valence-corrected chi connectivity index (χ1v) is 5.24. The number of hydrogen-bond acceptors (Lipinski definition) is 2. The van der Waals surface area contributed by atoms with E-state index in [-0.39, 0.29) is 6.04 Å². The summed E-state index contributed by atoms with van der Waals surface area (Å²) in [5.41, 5.74) is 6.47. The Morgan fingerprint density at radius 3 is 2.47 bits per heavy atom. The normalized spacial score (nSPS) is 12.7. The highest BCUT2D eigenvalue weighted by molar-refractivity contribution is 5.20. The van der Waals surface area contributed by atoms with Gasteiger partial charge in [0.2, 0.25) is 0 Å². The zero-order chi connectivity index (χ0) is 12.4. The molecule has 3 nitrogen and oxygen atoms in total. The summed E-state index contributed by atoms with van der Waals surface area (Å²) in [5, 5.41) is 0. The van der Waals surface area contributed by atoms with E-state index in [0.29, 0.717) is 17.8 Å². The van der Waals surface area contributed by atoms with Gasteiger partial charge in [0, 0.05) is 25.5 Å². The van der Waals surface area contributed by atoms with Gasteiger partial charge in [0.1, 0.15) is 17.5 Å². The molecule has 2 N–H and O–H groups in total. The summed E-state index contributed by atoms with van der Waals surface area (Å²) in [7, 11) is 1.83. The number of nitrogens with zero attached hydrogens (tertiary/aromatic N) is 2. The molecule has 90 valence electrons. The topological polar surface area (TPSA) is 43.8 Å². The van der Waals surface area contributed by atoms with Crippen molar-refractivity contribution in [3.63, 3.8) is 0 Å². The van der Waals surface area contributed by atoms with Crippen molar-refractivity contribution in [3.8, 4) is 0 Å². The van der Waals surface area contributed by atoms with Crippen LogP contribution in [0.25, 0.3) is 0 Å². The number of nitrogens with two attached hydrogens (primary N) is 1. The minimum atomic E-state index is -0.591. The van der Waals surface area contributed by atoms with Crippen LogP contribution < -0.4 is 5.73 Å². The van der Waals surface area contributed by atoms with Crippen LogP contribution in [0.15, 0.2) is 30.6 Å². The Balaban J connectivity index is 2.18. The average Bonchev–Trinajstić information content (AvgIpc) is 2.62. The number of aryl methyl sites for hydroxylation is 1. The standard InChI is InChI=1S/C12H13F2N3/c1-17-3-2-16-12(17)11(15)6-8-4-9(13)7-10(14)5-8/h2-5,7,11H,6,15H2,1H3.